The van der Waals surface area contributed by atoms with Crippen LogP contribution in [0.1, 0.15) is 53.9 Å². The third-order valence-electron chi connectivity index (χ3n) is 5.66. The maximum Gasteiger partial charge on any atom is 0.0781 e. The van der Waals surface area contributed by atoms with E-state index in [1.807, 2.05) is 6.92 Å². The van der Waals surface area contributed by atoms with Crippen LogP contribution in [0.15, 0.2) is 0 Å². The van der Waals surface area contributed by atoms with Crippen molar-refractivity contribution in [3.63, 3.8) is 0 Å². The van der Waals surface area contributed by atoms with Gasteiger partial charge in [-0.05, 0) is 39.5 Å². The monoisotopic (exact) mass is 464 g/mol. The zero-order chi connectivity index (χ0) is 24.0. The molecule has 0 saturated heterocycles. The highest BCUT2D eigenvalue weighted by molar-refractivity contribution is 4.81. The third kappa shape index (κ3) is 13.4. The van der Waals surface area contributed by atoms with E-state index in [9.17, 15) is 15.3 Å². The second-order valence-electron chi connectivity index (χ2n) is 9.92. The fourth-order valence-electron chi connectivity index (χ4n) is 3.54. The minimum absolute atomic E-state index is 0.168. The van der Waals surface area contributed by atoms with Crippen LogP contribution < -0.4 is 0 Å². The molecular formula is C24H48O8. The molecule has 1 rings (SSSR count). The molecule has 0 aromatic heterocycles. The van der Waals surface area contributed by atoms with E-state index >= 15 is 0 Å². The molecule has 0 aromatic rings. The van der Waals surface area contributed by atoms with E-state index in [1.165, 1.54) is 19.3 Å². The standard InChI is InChI=1S/C24H48O8/c1-18(23-7-6-8-23)9-28-14-24(15-29-10-19(2)25,16-30-11-20(3)26)17-31-13-22(5)32-12-21(4)27/h18-23,25-27H,6-17H2,1-5H3. The van der Waals surface area contributed by atoms with Crippen LogP contribution in [0.2, 0.25) is 0 Å². The highest BCUT2D eigenvalue weighted by Crippen LogP contribution is 2.33. The van der Waals surface area contributed by atoms with Crippen LogP contribution in [-0.2, 0) is 23.7 Å². The molecule has 5 unspecified atom stereocenters. The topological polar surface area (TPSA) is 107 Å². The van der Waals surface area contributed by atoms with Crippen molar-refractivity contribution >= 4 is 0 Å². The summed E-state index contributed by atoms with van der Waals surface area (Å²) in [7, 11) is 0. The lowest BCUT2D eigenvalue weighted by Crippen LogP contribution is -2.43. The average molecular weight is 465 g/mol. The molecule has 8 heteroatoms. The molecule has 0 bridgehead atoms. The number of ether oxygens (including phenoxy) is 5. The Morgan fingerprint density at radius 2 is 1.09 bits per heavy atom. The third-order valence-corrected chi connectivity index (χ3v) is 5.66. The lowest BCUT2D eigenvalue weighted by Gasteiger charge is -2.35. The minimum atomic E-state index is -0.576. The predicted molar refractivity (Wildman–Crippen MR) is 123 cm³/mol. The van der Waals surface area contributed by atoms with Crippen LogP contribution in [0.25, 0.3) is 0 Å². The van der Waals surface area contributed by atoms with E-state index in [-0.39, 0.29) is 25.9 Å². The molecular weight excluding hydrogens is 416 g/mol. The molecule has 3 N–H and O–H groups in total. The van der Waals surface area contributed by atoms with Gasteiger partial charge in [0.1, 0.15) is 0 Å². The van der Waals surface area contributed by atoms with Crippen molar-refractivity contribution in [3.05, 3.63) is 0 Å². The Kier molecular flexibility index (Phi) is 15.2. The van der Waals surface area contributed by atoms with E-state index in [0.717, 1.165) is 5.92 Å². The lowest BCUT2D eigenvalue weighted by molar-refractivity contribution is -0.132. The molecule has 5 atom stereocenters. The number of rotatable bonds is 20. The summed E-state index contributed by atoms with van der Waals surface area (Å²) in [5.41, 5.74) is -0.576. The van der Waals surface area contributed by atoms with Gasteiger partial charge in [-0.15, -0.1) is 0 Å². The fraction of sp³-hybridized carbons (Fsp3) is 1.00. The van der Waals surface area contributed by atoms with Crippen LogP contribution >= 0.6 is 0 Å². The van der Waals surface area contributed by atoms with Crippen LogP contribution in [0.5, 0.6) is 0 Å². The Hall–Kier alpha value is -0.320. The second-order valence-corrected chi connectivity index (χ2v) is 9.92. The molecule has 8 nitrogen and oxygen atoms in total. The zero-order valence-electron chi connectivity index (χ0n) is 20.8. The van der Waals surface area contributed by atoms with Crippen molar-refractivity contribution < 1.29 is 39.0 Å². The number of hydrogen-bond donors (Lipinski definition) is 3. The van der Waals surface area contributed by atoms with Crippen molar-refractivity contribution in [1.29, 1.82) is 0 Å². The van der Waals surface area contributed by atoms with Crippen molar-refractivity contribution in [2.75, 3.05) is 59.5 Å². The van der Waals surface area contributed by atoms with Gasteiger partial charge in [0.2, 0.25) is 0 Å². The Bertz CT molecular complexity index is 439. The predicted octanol–water partition coefficient (Wildman–Crippen LogP) is 2.02. The largest absolute Gasteiger partial charge is 0.391 e. The van der Waals surface area contributed by atoms with Gasteiger partial charge in [0.25, 0.3) is 0 Å². The quantitative estimate of drug-likeness (QED) is 0.251. The lowest BCUT2D eigenvalue weighted by atomic mass is 9.77. The van der Waals surface area contributed by atoms with Crippen LogP contribution in [0.3, 0.4) is 0 Å². The Balaban J connectivity index is 2.69. The molecule has 1 aliphatic carbocycles. The molecule has 0 amide bonds. The van der Waals surface area contributed by atoms with Gasteiger partial charge in [0, 0.05) is 6.61 Å². The maximum absolute atomic E-state index is 9.61. The van der Waals surface area contributed by atoms with Gasteiger partial charge in [0.05, 0.1) is 82.7 Å². The first kappa shape index (κ1) is 29.7. The molecule has 1 aliphatic rings. The van der Waals surface area contributed by atoms with Gasteiger partial charge in [-0.1, -0.05) is 26.2 Å². The number of hydrogen-bond acceptors (Lipinski definition) is 8. The Morgan fingerprint density at radius 3 is 1.50 bits per heavy atom. The van der Waals surface area contributed by atoms with Gasteiger partial charge >= 0.3 is 0 Å². The summed E-state index contributed by atoms with van der Waals surface area (Å²) in [6.45, 7) is 12.2. The smallest absolute Gasteiger partial charge is 0.0781 e. The minimum Gasteiger partial charge on any atom is -0.391 e. The SMILES string of the molecule is CC(O)COCC(COCC(C)O)(COCC(C)OCC(C)O)COCC(C)C1CCC1. The summed E-state index contributed by atoms with van der Waals surface area (Å²) in [5, 5.41) is 28.6. The van der Waals surface area contributed by atoms with Crippen molar-refractivity contribution in [3.8, 4) is 0 Å². The molecule has 32 heavy (non-hydrogen) atoms. The van der Waals surface area contributed by atoms with Gasteiger partial charge in [-0.25, -0.2) is 0 Å². The van der Waals surface area contributed by atoms with Gasteiger partial charge in [0.15, 0.2) is 0 Å². The summed E-state index contributed by atoms with van der Waals surface area (Å²) < 4.78 is 29.2. The molecule has 0 radical (unpaired) electrons. The van der Waals surface area contributed by atoms with E-state index in [4.69, 9.17) is 23.7 Å². The van der Waals surface area contributed by atoms with Crippen molar-refractivity contribution in [1.82, 2.24) is 0 Å². The normalized spacial score (nSPS) is 21.4. The Morgan fingerprint density at radius 1 is 0.656 bits per heavy atom. The van der Waals surface area contributed by atoms with Gasteiger partial charge in [-0.2, -0.15) is 0 Å². The number of aliphatic hydroxyl groups is 3. The second kappa shape index (κ2) is 16.3. The average Bonchev–Trinajstić information content (AvgIpc) is 2.64. The molecule has 0 spiro atoms. The van der Waals surface area contributed by atoms with E-state index in [0.29, 0.717) is 45.6 Å². The summed E-state index contributed by atoms with van der Waals surface area (Å²) in [5.74, 6) is 1.25. The molecule has 1 fully saturated rings. The fourth-order valence-corrected chi connectivity index (χ4v) is 3.54. The van der Waals surface area contributed by atoms with E-state index in [2.05, 4.69) is 6.92 Å². The molecule has 0 heterocycles. The molecule has 0 aromatic carbocycles. The van der Waals surface area contributed by atoms with E-state index in [1.54, 1.807) is 20.8 Å². The summed E-state index contributed by atoms with van der Waals surface area (Å²) in [6, 6.07) is 0. The van der Waals surface area contributed by atoms with Crippen LogP contribution in [0.4, 0.5) is 0 Å². The first-order valence-electron chi connectivity index (χ1n) is 12.1. The molecule has 1 saturated carbocycles. The summed E-state index contributed by atoms with van der Waals surface area (Å²) in [6.07, 6.45) is 2.03. The first-order valence-corrected chi connectivity index (χ1v) is 12.1. The highest BCUT2D eigenvalue weighted by atomic mass is 16.5. The molecule has 192 valence electrons. The van der Waals surface area contributed by atoms with Gasteiger partial charge in [-0.3, -0.25) is 0 Å². The highest BCUT2D eigenvalue weighted by Gasteiger charge is 2.34. The first-order chi connectivity index (χ1) is 15.1. The zero-order valence-corrected chi connectivity index (χ0v) is 20.8. The van der Waals surface area contributed by atoms with E-state index < -0.39 is 23.7 Å². The van der Waals surface area contributed by atoms with Gasteiger partial charge < -0.3 is 39.0 Å². The van der Waals surface area contributed by atoms with Crippen molar-refractivity contribution in [2.45, 2.75) is 78.3 Å². The Labute approximate surface area is 194 Å². The van der Waals surface area contributed by atoms with Crippen LogP contribution in [0, 0.1) is 17.3 Å². The molecule has 0 aliphatic heterocycles. The van der Waals surface area contributed by atoms with Crippen molar-refractivity contribution in [2.24, 2.45) is 17.3 Å². The maximum atomic E-state index is 9.61. The number of aliphatic hydroxyl groups excluding tert-OH is 3. The van der Waals surface area contributed by atoms with Crippen LogP contribution in [-0.4, -0.2) is 99.2 Å². The summed E-state index contributed by atoms with van der Waals surface area (Å²) in [4.78, 5) is 0. The summed E-state index contributed by atoms with van der Waals surface area (Å²) >= 11 is 0.